The number of carbonyl (C=O) groups excluding carboxylic acids is 1. The Morgan fingerprint density at radius 3 is 2.95 bits per heavy atom. The molecular weight excluding hydrogens is 282 g/mol. The minimum absolute atomic E-state index is 0.0181. The van der Waals surface area contributed by atoms with Crippen molar-refractivity contribution in [3.8, 4) is 0 Å². The van der Waals surface area contributed by atoms with Crippen molar-refractivity contribution in [2.24, 2.45) is 5.92 Å². The van der Waals surface area contributed by atoms with Crippen LogP contribution in [0, 0.1) is 5.92 Å². The molecule has 0 aliphatic heterocycles. The average Bonchev–Trinajstić information content (AvgIpc) is 2.87. The third kappa shape index (κ3) is 7.22. The van der Waals surface area contributed by atoms with E-state index in [4.69, 9.17) is 5.11 Å². The largest absolute Gasteiger partial charge is 0.481 e. The number of nitrogens with one attached hydrogen (secondary N) is 1. The summed E-state index contributed by atoms with van der Waals surface area (Å²) < 4.78 is 0. The zero-order valence-electron chi connectivity index (χ0n) is 10.9. The van der Waals surface area contributed by atoms with Gasteiger partial charge < -0.3 is 10.4 Å². The Morgan fingerprint density at radius 2 is 2.32 bits per heavy atom. The molecule has 1 unspecified atom stereocenters. The fraction of sp³-hybridized carbons (Fsp3) is 0.538. The lowest BCUT2D eigenvalue weighted by atomic mass is 10.1. The van der Waals surface area contributed by atoms with Crippen LogP contribution < -0.4 is 5.32 Å². The highest BCUT2D eigenvalue weighted by Gasteiger charge is 2.10. The second-order valence-corrected chi connectivity index (χ2v) is 6.32. The van der Waals surface area contributed by atoms with Gasteiger partial charge in [-0.25, -0.2) is 0 Å². The number of aliphatic carboxylic acids is 1. The average molecular weight is 301 g/mol. The van der Waals surface area contributed by atoms with Crippen LogP contribution in [0.1, 0.15) is 24.6 Å². The Balaban J connectivity index is 2.00. The van der Waals surface area contributed by atoms with Crippen LogP contribution in [0.4, 0.5) is 0 Å². The van der Waals surface area contributed by atoms with Gasteiger partial charge in [0.25, 0.3) is 0 Å². The van der Waals surface area contributed by atoms with Crippen molar-refractivity contribution in [3.05, 3.63) is 22.4 Å². The smallest absolute Gasteiger partial charge is 0.306 e. The molecule has 0 aliphatic carbocycles. The van der Waals surface area contributed by atoms with Crippen molar-refractivity contribution >= 4 is 35.0 Å². The van der Waals surface area contributed by atoms with E-state index in [2.05, 4.69) is 11.4 Å². The number of hydrogen-bond donors (Lipinski definition) is 2. The third-order valence-corrected chi connectivity index (χ3v) is 4.66. The molecule has 106 valence electrons. The van der Waals surface area contributed by atoms with Gasteiger partial charge in [0.1, 0.15) is 0 Å². The Bertz CT molecular complexity index is 393. The van der Waals surface area contributed by atoms with Crippen LogP contribution in [0.5, 0.6) is 0 Å². The summed E-state index contributed by atoms with van der Waals surface area (Å²) in [5.41, 5.74) is 0. The van der Waals surface area contributed by atoms with Crippen molar-refractivity contribution < 1.29 is 14.7 Å². The molecular formula is C13H19NO3S2. The van der Waals surface area contributed by atoms with Crippen molar-refractivity contribution in [1.82, 2.24) is 5.32 Å². The molecule has 1 rings (SSSR count). The molecule has 4 nitrogen and oxygen atoms in total. The molecule has 1 amide bonds. The minimum Gasteiger partial charge on any atom is -0.481 e. The summed E-state index contributed by atoms with van der Waals surface area (Å²) >= 11 is 3.29. The molecule has 0 bridgehead atoms. The first kappa shape index (κ1) is 16.0. The van der Waals surface area contributed by atoms with Gasteiger partial charge in [0.15, 0.2) is 0 Å². The molecule has 1 aromatic heterocycles. The number of carboxylic acid groups (broad SMARTS) is 1. The number of hydrogen-bond acceptors (Lipinski definition) is 4. The monoisotopic (exact) mass is 301 g/mol. The Labute approximate surface area is 121 Å². The summed E-state index contributed by atoms with van der Waals surface area (Å²) in [6, 6.07) is 4.06. The van der Waals surface area contributed by atoms with Crippen LogP contribution in [0.15, 0.2) is 17.5 Å². The normalized spacial score (nSPS) is 12.1. The lowest BCUT2D eigenvalue weighted by molar-refractivity contribution is -0.141. The molecule has 0 aromatic carbocycles. The summed E-state index contributed by atoms with van der Waals surface area (Å²) in [6.45, 7) is 2.23. The summed E-state index contributed by atoms with van der Waals surface area (Å²) in [4.78, 5) is 23.4. The maximum Gasteiger partial charge on any atom is 0.306 e. The molecule has 0 saturated heterocycles. The highest BCUT2D eigenvalue weighted by molar-refractivity contribution is 7.99. The molecule has 0 saturated carbocycles. The molecule has 0 spiro atoms. The molecule has 19 heavy (non-hydrogen) atoms. The van der Waals surface area contributed by atoms with E-state index in [1.165, 1.54) is 4.88 Å². The number of carbonyl (C=O) groups is 2. The molecule has 1 aromatic rings. The number of rotatable bonds is 9. The van der Waals surface area contributed by atoms with E-state index in [1.54, 1.807) is 30.0 Å². The van der Waals surface area contributed by atoms with Gasteiger partial charge in [-0.3, -0.25) is 9.59 Å². The SMILES string of the molecule is CC(CCCNC(=O)CSCc1cccs1)C(=O)O. The highest BCUT2D eigenvalue weighted by Crippen LogP contribution is 2.16. The standard InChI is InChI=1S/C13H19NO3S2/c1-10(13(16)17)4-2-6-14-12(15)9-18-8-11-5-3-7-19-11/h3,5,7,10H,2,4,6,8-9H2,1H3,(H,14,15)(H,16,17). The van der Waals surface area contributed by atoms with Gasteiger partial charge in [-0.05, 0) is 24.3 Å². The van der Waals surface area contributed by atoms with Gasteiger partial charge in [-0.15, -0.1) is 23.1 Å². The molecule has 0 fully saturated rings. The lowest BCUT2D eigenvalue weighted by Crippen LogP contribution is -2.26. The predicted octanol–water partition coefficient (Wildman–Crippen LogP) is 2.60. The van der Waals surface area contributed by atoms with Crippen molar-refractivity contribution in [3.63, 3.8) is 0 Å². The molecule has 6 heteroatoms. The number of carboxylic acids is 1. The summed E-state index contributed by atoms with van der Waals surface area (Å²) in [6.07, 6.45) is 1.30. The summed E-state index contributed by atoms with van der Waals surface area (Å²) in [5.74, 6) is 0.209. The van der Waals surface area contributed by atoms with Crippen LogP contribution in [0.25, 0.3) is 0 Å². The summed E-state index contributed by atoms with van der Waals surface area (Å²) in [7, 11) is 0. The van der Waals surface area contributed by atoms with Crippen LogP contribution in [0.3, 0.4) is 0 Å². The van der Waals surface area contributed by atoms with Crippen molar-refractivity contribution in [1.29, 1.82) is 0 Å². The minimum atomic E-state index is -0.780. The van der Waals surface area contributed by atoms with Gasteiger partial charge in [-0.2, -0.15) is 0 Å². The first-order valence-corrected chi connectivity index (χ1v) is 8.22. The maximum atomic E-state index is 11.5. The molecule has 0 aliphatic rings. The first-order chi connectivity index (χ1) is 9.09. The second-order valence-electron chi connectivity index (χ2n) is 4.30. The maximum absolute atomic E-state index is 11.5. The Hall–Kier alpha value is -1.01. The second kappa shape index (κ2) is 8.98. The molecule has 2 N–H and O–H groups in total. The van der Waals surface area contributed by atoms with E-state index in [1.807, 2.05) is 11.4 Å². The van der Waals surface area contributed by atoms with Gasteiger partial charge >= 0.3 is 5.97 Å². The van der Waals surface area contributed by atoms with E-state index in [9.17, 15) is 9.59 Å². The van der Waals surface area contributed by atoms with E-state index < -0.39 is 5.97 Å². The Kier molecular flexibility index (Phi) is 7.59. The first-order valence-electron chi connectivity index (χ1n) is 6.19. The molecule has 0 radical (unpaired) electrons. The fourth-order valence-corrected chi connectivity index (χ4v) is 3.15. The number of thioether (sulfide) groups is 1. The summed E-state index contributed by atoms with van der Waals surface area (Å²) in [5, 5.41) is 13.5. The van der Waals surface area contributed by atoms with Crippen LogP contribution >= 0.6 is 23.1 Å². The van der Waals surface area contributed by atoms with Gasteiger partial charge in [0.05, 0.1) is 11.7 Å². The molecule has 1 atom stereocenters. The van der Waals surface area contributed by atoms with E-state index in [0.29, 0.717) is 25.1 Å². The van der Waals surface area contributed by atoms with Gasteiger partial charge in [0.2, 0.25) is 5.91 Å². The number of thiophene rings is 1. The topological polar surface area (TPSA) is 66.4 Å². The Morgan fingerprint density at radius 1 is 1.53 bits per heavy atom. The third-order valence-electron chi connectivity index (χ3n) is 2.62. The lowest BCUT2D eigenvalue weighted by Gasteiger charge is -2.07. The van der Waals surface area contributed by atoms with E-state index in [0.717, 1.165) is 5.75 Å². The van der Waals surface area contributed by atoms with Crippen molar-refractivity contribution in [2.45, 2.75) is 25.5 Å². The van der Waals surface area contributed by atoms with Crippen LogP contribution in [0.2, 0.25) is 0 Å². The molecule has 1 heterocycles. The van der Waals surface area contributed by atoms with E-state index in [-0.39, 0.29) is 11.8 Å². The highest BCUT2D eigenvalue weighted by atomic mass is 32.2. The predicted molar refractivity (Wildman–Crippen MR) is 79.5 cm³/mol. The zero-order chi connectivity index (χ0) is 14.1. The van der Waals surface area contributed by atoms with Gasteiger partial charge in [0, 0.05) is 17.2 Å². The van der Waals surface area contributed by atoms with E-state index >= 15 is 0 Å². The van der Waals surface area contributed by atoms with Crippen molar-refractivity contribution in [2.75, 3.05) is 12.3 Å². The van der Waals surface area contributed by atoms with Crippen LogP contribution in [-0.4, -0.2) is 29.3 Å². The number of amides is 1. The fourth-order valence-electron chi connectivity index (χ4n) is 1.45. The quantitative estimate of drug-likeness (QED) is 0.688. The van der Waals surface area contributed by atoms with Crippen LogP contribution in [-0.2, 0) is 15.3 Å². The van der Waals surface area contributed by atoms with Gasteiger partial charge in [-0.1, -0.05) is 13.0 Å². The zero-order valence-corrected chi connectivity index (χ0v) is 12.6.